The van der Waals surface area contributed by atoms with Crippen LogP contribution in [0.1, 0.15) is 60.8 Å². The van der Waals surface area contributed by atoms with Crippen molar-refractivity contribution in [1.29, 1.82) is 0 Å². The zero-order valence-electron chi connectivity index (χ0n) is 12.8. The molecule has 0 aliphatic heterocycles. The highest BCUT2D eigenvalue weighted by atomic mass is 16.1. The van der Waals surface area contributed by atoms with Gasteiger partial charge in [0.2, 0.25) is 0 Å². The van der Waals surface area contributed by atoms with Crippen molar-refractivity contribution >= 4 is 17.2 Å². The number of rotatable bonds is 8. The molecule has 0 spiro atoms. The summed E-state index contributed by atoms with van der Waals surface area (Å²) in [4.78, 5) is 20.8. The zero-order valence-corrected chi connectivity index (χ0v) is 12.8. The van der Waals surface area contributed by atoms with Crippen molar-refractivity contribution in [3.8, 4) is 0 Å². The van der Waals surface area contributed by atoms with E-state index < -0.39 is 0 Å². The largest absolute Gasteiger partial charge is 0.297 e. The minimum absolute atomic E-state index is 0.0639. The van der Waals surface area contributed by atoms with Crippen molar-refractivity contribution < 1.29 is 4.79 Å². The summed E-state index contributed by atoms with van der Waals surface area (Å²) < 4.78 is 0. The zero-order chi connectivity index (χ0) is 14.1. The molecule has 0 aliphatic rings. The predicted molar refractivity (Wildman–Crippen MR) is 79.9 cm³/mol. The van der Waals surface area contributed by atoms with Crippen molar-refractivity contribution in [1.82, 2.24) is 0 Å². The van der Waals surface area contributed by atoms with Gasteiger partial charge in [0.15, 0.2) is 5.78 Å². The fraction of sp³-hybridized carbons (Fsp3) is 0.800. The third-order valence-corrected chi connectivity index (χ3v) is 2.63. The Labute approximate surface area is 112 Å². The van der Waals surface area contributed by atoms with Crippen LogP contribution in [0.5, 0.6) is 0 Å². The summed E-state index contributed by atoms with van der Waals surface area (Å²) in [6.45, 7) is 12.7. The fourth-order valence-corrected chi connectivity index (χ4v) is 1.72. The van der Waals surface area contributed by atoms with Crippen molar-refractivity contribution in [3.63, 3.8) is 0 Å². The van der Waals surface area contributed by atoms with Gasteiger partial charge in [-0.05, 0) is 47.0 Å². The molecule has 0 bridgehead atoms. The standard InChI is InChI=1S/C15H28N2O/c1-11(2)15(18)14(17-13(5)6)9-7-8-10-16-12(3)4/h11,14H,7-10H2,1-6H3/t14-/m0/s1. The lowest BCUT2D eigenvalue weighted by atomic mass is 9.97. The molecule has 0 aliphatic carbocycles. The summed E-state index contributed by atoms with van der Waals surface area (Å²) in [7, 11) is 0. The Bertz CT molecular complexity index is 308. The van der Waals surface area contributed by atoms with E-state index >= 15 is 0 Å². The monoisotopic (exact) mass is 252 g/mol. The van der Waals surface area contributed by atoms with Crippen molar-refractivity contribution in [2.45, 2.75) is 66.8 Å². The molecule has 0 aromatic heterocycles. The Morgan fingerprint density at radius 1 is 1.00 bits per heavy atom. The van der Waals surface area contributed by atoms with Crippen LogP contribution < -0.4 is 0 Å². The van der Waals surface area contributed by atoms with Crippen LogP contribution in [0.15, 0.2) is 9.98 Å². The SMILES string of the molecule is CC(C)=NCCCC[C@H](N=C(C)C)C(=O)C(C)C. The molecule has 0 rings (SSSR count). The predicted octanol–water partition coefficient (Wildman–Crippen LogP) is 3.71. The van der Waals surface area contributed by atoms with Gasteiger partial charge in [0.1, 0.15) is 6.04 Å². The number of unbranched alkanes of at least 4 members (excludes halogenated alkanes) is 1. The summed E-state index contributed by atoms with van der Waals surface area (Å²) in [5.41, 5.74) is 2.10. The number of Topliss-reactive ketones (excluding diaryl/α,β-unsaturated/α-hetero) is 1. The van der Waals surface area contributed by atoms with Crippen LogP contribution in [0.4, 0.5) is 0 Å². The van der Waals surface area contributed by atoms with Gasteiger partial charge in [-0.2, -0.15) is 0 Å². The fourth-order valence-electron chi connectivity index (χ4n) is 1.72. The molecule has 104 valence electrons. The highest BCUT2D eigenvalue weighted by molar-refractivity contribution is 5.89. The molecule has 0 fully saturated rings. The number of aliphatic imine (C=N–C) groups is 2. The molecule has 3 heteroatoms. The number of nitrogens with zero attached hydrogens (tertiary/aromatic N) is 2. The van der Waals surface area contributed by atoms with Gasteiger partial charge in [-0.25, -0.2) is 0 Å². The van der Waals surface area contributed by atoms with Gasteiger partial charge in [-0.3, -0.25) is 14.8 Å². The maximum absolute atomic E-state index is 12.0. The second-order valence-electron chi connectivity index (χ2n) is 5.47. The Kier molecular flexibility index (Phi) is 8.51. The van der Waals surface area contributed by atoms with Crippen LogP contribution in [-0.4, -0.2) is 29.8 Å². The van der Waals surface area contributed by atoms with Gasteiger partial charge in [-0.1, -0.05) is 13.8 Å². The number of ketones is 1. The number of carbonyl (C=O) groups excluding carboxylic acids is 1. The molecule has 0 aromatic carbocycles. The smallest absolute Gasteiger partial charge is 0.159 e. The van der Waals surface area contributed by atoms with E-state index in [1.54, 1.807) is 0 Å². The quantitative estimate of drug-likeness (QED) is 0.479. The van der Waals surface area contributed by atoms with Crippen molar-refractivity contribution in [3.05, 3.63) is 0 Å². The van der Waals surface area contributed by atoms with Crippen LogP contribution in [0.2, 0.25) is 0 Å². The van der Waals surface area contributed by atoms with Crippen LogP contribution in [0.3, 0.4) is 0 Å². The van der Waals surface area contributed by atoms with E-state index in [1.165, 1.54) is 0 Å². The van der Waals surface area contributed by atoms with Crippen molar-refractivity contribution in [2.75, 3.05) is 6.54 Å². The van der Waals surface area contributed by atoms with E-state index in [0.717, 1.165) is 37.2 Å². The van der Waals surface area contributed by atoms with Gasteiger partial charge in [0.25, 0.3) is 0 Å². The molecule has 0 radical (unpaired) electrons. The first-order chi connectivity index (χ1) is 8.34. The van der Waals surface area contributed by atoms with E-state index in [2.05, 4.69) is 9.98 Å². The third kappa shape index (κ3) is 8.15. The summed E-state index contributed by atoms with van der Waals surface area (Å²) in [5, 5.41) is 0. The molecule has 0 unspecified atom stereocenters. The first-order valence-electron chi connectivity index (χ1n) is 6.87. The molecule has 0 saturated carbocycles. The average Bonchev–Trinajstić information content (AvgIpc) is 2.24. The van der Waals surface area contributed by atoms with E-state index in [1.807, 2.05) is 41.5 Å². The lowest BCUT2D eigenvalue weighted by Crippen LogP contribution is -2.24. The maximum Gasteiger partial charge on any atom is 0.159 e. The molecule has 0 heterocycles. The van der Waals surface area contributed by atoms with Crippen molar-refractivity contribution in [2.24, 2.45) is 15.9 Å². The second-order valence-corrected chi connectivity index (χ2v) is 5.47. The maximum atomic E-state index is 12.0. The van der Waals surface area contributed by atoms with E-state index in [-0.39, 0.29) is 17.7 Å². The third-order valence-electron chi connectivity index (χ3n) is 2.63. The molecule has 0 aromatic rings. The van der Waals surface area contributed by atoms with Crippen LogP contribution in [-0.2, 0) is 4.79 Å². The Morgan fingerprint density at radius 2 is 1.61 bits per heavy atom. The molecule has 0 saturated heterocycles. The molecule has 0 amide bonds. The Morgan fingerprint density at radius 3 is 2.06 bits per heavy atom. The summed E-state index contributed by atoms with van der Waals surface area (Å²) in [6, 6.07) is -0.151. The molecular formula is C15H28N2O. The van der Waals surface area contributed by atoms with E-state index in [9.17, 15) is 4.79 Å². The average molecular weight is 252 g/mol. The van der Waals surface area contributed by atoms with Crippen LogP contribution in [0, 0.1) is 5.92 Å². The van der Waals surface area contributed by atoms with Crippen LogP contribution in [0.25, 0.3) is 0 Å². The number of hydrogen-bond donors (Lipinski definition) is 0. The highest BCUT2D eigenvalue weighted by Gasteiger charge is 2.19. The van der Waals surface area contributed by atoms with Gasteiger partial charge in [0.05, 0.1) is 0 Å². The van der Waals surface area contributed by atoms with Gasteiger partial charge in [0, 0.05) is 23.9 Å². The van der Waals surface area contributed by atoms with E-state index in [4.69, 9.17) is 0 Å². The Balaban J connectivity index is 4.23. The minimum atomic E-state index is -0.151. The lowest BCUT2D eigenvalue weighted by molar-refractivity contribution is -0.123. The number of carbonyl (C=O) groups is 1. The van der Waals surface area contributed by atoms with Crippen LogP contribution >= 0.6 is 0 Å². The Hall–Kier alpha value is -0.990. The lowest BCUT2D eigenvalue weighted by Gasteiger charge is -2.14. The minimum Gasteiger partial charge on any atom is -0.297 e. The first kappa shape index (κ1) is 17.0. The summed E-state index contributed by atoms with van der Waals surface area (Å²) in [5.74, 6) is 0.320. The first-order valence-corrected chi connectivity index (χ1v) is 6.87. The van der Waals surface area contributed by atoms with E-state index in [0.29, 0.717) is 0 Å². The molecule has 0 N–H and O–H groups in total. The van der Waals surface area contributed by atoms with Gasteiger partial charge < -0.3 is 0 Å². The molecule has 18 heavy (non-hydrogen) atoms. The van der Waals surface area contributed by atoms with Gasteiger partial charge >= 0.3 is 0 Å². The number of hydrogen-bond acceptors (Lipinski definition) is 3. The molecular weight excluding hydrogens is 224 g/mol. The summed E-state index contributed by atoms with van der Waals surface area (Å²) in [6.07, 6.45) is 2.89. The molecule has 1 atom stereocenters. The van der Waals surface area contributed by atoms with Gasteiger partial charge in [-0.15, -0.1) is 0 Å². The highest BCUT2D eigenvalue weighted by Crippen LogP contribution is 2.12. The molecule has 3 nitrogen and oxygen atoms in total. The second kappa shape index (κ2) is 9.01. The normalized spacial score (nSPS) is 12.2. The topological polar surface area (TPSA) is 41.8 Å². The summed E-state index contributed by atoms with van der Waals surface area (Å²) >= 11 is 0.